The summed E-state index contributed by atoms with van der Waals surface area (Å²) < 4.78 is 1.69. The highest BCUT2D eigenvalue weighted by Crippen LogP contribution is 2.20. The average Bonchev–Trinajstić information content (AvgIpc) is 2.85. The van der Waals surface area contributed by atoms with E-state index in [2.05, 4.69) is 16.1 Å². The predicted octanol–water partition coefficient (Wildman–Crippen LogP) is 2.58. The molecule has 2 N–H and O–H groups in total. The number of nitrogens with two attached hydrogens (primary N) is 1. The van der Waals surface area contributed by atoms with Crippen LogP contribution in [0.5, 0.6) is 0 Å². The Morgan fingerprint density at radius 3 is 2.84 bits per heavy atom. The number of nitrogens with zero attached hydrogens (tertiary/aromatic N) is 3. The minimum Gasteiger partial charge on any atom is -0.330 e. The molecule has 1 aromatic carbocycles. The highest BCUT2D eigenvalue weighted by atomic mass is 35.5. The van der Waals surface area contributed by atoms with E-state index in [0.717, 1.165) is 28.7 Å². The number of aromatic nitrogens is 3. The van der Waals surface area contributed by atoms with Crippen LogP contribution >= 0.6 is 11.6 Å². The van der Waals surface area contributed by atoms with Crippen LogP contribution in [0.1, 0.15) is 5.56 Å². The molecule has 3 aromatic rings. The number of hydrogen-bond donors (Lipinski definition) is 1. The molecular weight excluding hydrogens is 260 g/mol. The molecule has 19 heavy (non-hydrogen) atoms. The van der Waals surface area contributed by atoms with E-state index in [0.29, 0.717) is 11.6 Å². The molecule has 0 aliphatic heterocycles. The largest absolute Gasteiger partial charge is 0.330 e. The van der Waals surface area contributed by atoms with Gasteiger partial charge in [-0.2, -0.15) is 5.10 Å². The third kappa shape index (κ3) is 2.32. The number of para-hydroxylation sites is 1. The van der Waals surface area contributed by atoms with Gasteiger partial charge in [0.2, 0.25) is 0 Å². The fourth-order valence-corrected chi connectivity index (χ4v) is 2.24. The van der Waals surface area contributed by atoms with Crippen LogP contribution in [0.2, 0.25) is 5.02 Å². The third-order valence-corrected chi connectivity index (χ3v) is 3.16. The van der Waals surface area contributed by atoms with Crippen molar-refractivity contribution in [2.45, 2.75) is 6.42 Å². The van der Waals surface area contributed by atoms with Gasteiger partial charge in [-0.25, -0.2) is 9.67 Å². The first kappa shape index (κ1) is 12.1. The molecular formula is C14H13ClN4. The van der Waals surface area contributed by atoms with Crippen molar-refractivity contribution >= 4 is 22.5 Å². The van der Waals surface area contributed by atoms with Gasteiger partial charge >= 0.3 is 0 Å². The molecule has 96 valence electrons. The van der Waals surface area contributed by atoms with Gasteiger partial charge in [0.05, 0.1) is 22.9 Å². The molecule has 3 rings (SSSR count). The second-order valence-electron chi connectivity index (χ2n) is 4.31. The lowest BCUT2D eigenvalue weighted by Crippen LogP contribution is -2.09. The van der Waals surface area contributed by atoms with Crippen molar-refractivity contribution in [2.24, 2.45) is 5.73 Å². The Morgan fingerprint density at radius 1 is 1.26 bits per heavy atom. The summed E-state index contributed by atoms with van der Waals surface area (Å²) in [5, 5.41) is 5.91. The van der Waals surface area contributed by atoms with Crippen molar-refractivity contribution in [1.82, 2.24) is 14.8 Å². The van der Waals surface area contributed by atoms with Crippen molar-refractivity contribution in [2.75, 3.05) is 6.54 Å². The quantitative estimate of drug-likeness (QED) is 0.797. The molecule has 0 atom stereocenters. The number of pyridine rings is 1. The molecule has 5 heteroatoms. The van der Waals surface area contributed by atoms with Crippen molar-refractivity contribution in [1.29, 1.82) is 0 Å². The fraction of sp³-hybridized carbons (Fsp3) is 0.143. The topological polar surface area (TPSA) is 56.7 Å². The van der Waals surface area contributed by atoms with Crippen LogP contribution in [-0.2, 0) is 6.42 Å². The first-order valence-electron chi connectivity index (χ1n) is 6.07. The molecule has 0 aliphatic rings. The van der Waals surface area contributed by atoms with Crippen LogP contribution in [0.3, 0.4) is 0 Å². The Bertz CT molecular complexity index is 720. The Hall–Kier alpha value is -1.91. The van der Waals surface area contributed by atoms with E-state index >= 15 is 0 Å². The first-order chi connectivity index (χ1) is 9.28. The van der Waals surface area contributed by atoms with Crippen molar-refractivity contribution in [3.63, 3.8) is 0 Å². The molecule has 0 amide bonds. The Kier molecular flexibility index (Phi) is 3.19. The highest BCUT2D eigenvalue weighted by molar-refractivity contribution is 6.30. The monoisotopic (exact) mass is 272 g/mol. The van der Waals surface area contributed by atoms with Crippen LogP contribution in [0, 0.1) is 0 Å². The normalized spacial score (nSPS) is 11.1. The maximum absolute atomic E-state index is 5.92. The Balaban J connectivity index is 2.22. The van der Waals surface area contributed by atoms with E-state index in [-0.39, 0.29) is 0 Å². The second-order valence-corrected chi connectivity index (χ2v) is 4.74. The number of fused-ring (bicyclic) bond motifs is 1. The number of rotatable bonds is 3. The molecule has 2 aromatic heterocycles. The SMILES string of the molecule is NCCc1cc2ccccc2nc1-n1cc(Cl)cn1. The lowest BCUT2D eigenvalue weighted by molar-refractivity contribution is 0.824. The fourth-order valence-electron chi connectivity index (χ4n) is 2.10. The third-order valence-electron chi connectivity index (χ3n) is 2.96. The molecule has 0 spiro atoms. The van der Waals surface area contributed by atoms with Crippen molar-refractivity contribution < 1.29 is 0 Å². The zero-order valence-corrected chi connectivity index (χ0v) is 11.0. The maximum atomic E-state index is 5.92. The first-order valence-corrected chi connectivity index (χ1v) is 6.45. The summed E-state index contributed by atoms with van der Waals surface area (Å²) in [7, 11) is 0. The number of halogens is 1. The molecule has 0 saturated carbocycles. The van der Waals surface area contributed by atoms with Crippen molar-refractivity contribution in [3.05, 3.63) is 53.3 Å². The smallest absolute Gasteiger partial charge is 0.157 e. The summed E-state index contributed by atoms with van der Waals surface area (Å²) in [6.45, 7) is 0.571. The van der Waals surface area contributed by atoms with Crippen molar-refractivity contribution in [3.8, 4) is 5.82 Å². The van der Waals surface area contributed by atoms with E-state index in [4.69, 9.17) is 17.3 Å². The molecule has 0 aliphatic carbocycles. The molecule has 0 saturated heterocycles. The van der Waals surface area contributed by atoms with Gasteiger partial charge in [0, 0.05) is 5.39 Å². The maximum Gasteiger partial charge on any atom is 0.157 e. The van der Waals surface area contributed by atoms with E-state index < -0.39 is 0 Å². The van der Waals surface area contributed by atoms with Gasteiger partial charge in [0.15, 0.2) is 5.82 Å². The van der Waals surface area contributed by atoms with Crippen LogP contribution in [0.25, 0.3) is 16.7 Å². The van der Waals surface area contributed by atoms with Gasteiger partial charge in [0.1, 0.15) is 0 Å². The summed E-state index contributed by atoms with van der Waals surface area (Å²) in [6, 6.07) is 10.1. The molecule has 2 heterocycles. The minimum absolute atomic E-state index is 0.571. The zero-order valence-electron chi connectivity index (χ0n) is 10.3. The lowest BCUT2D eigenvalue weighted by atomic mass is 10.1. The molecule has 0 bridgehead atoms. The molecule has 4 nitrogen and oxygen atoms in total. The lowest BCUT2D eigenvalue weighted by Gasteiger charge is -2.09. The van der Waals surface area contributed by atoms with Gasteiger partial charge < -0.3 is 5.73 Å². The standard InChI is InChI=1S/C14H13ClN4/c15-12-8-17-19(9-12)14-11(5-6-16)7-10-3-1-2-4-13(10)18-14/h1-4,7-9H,5-6,16H2. The molecule has 0 unspecified atom stereocenters. The molecule has 0 radical (unpaired) electrons. The van der Waals surface area contributed by atoms with Crippen LogP contribution < -0.4 is 5.73 Å². The predicted molar refractivity (Wildman–Crippen MR) is 76.6 cm³/mol. The zero-order chi connectivity index (χ0) is 13.2. The summed E-state index contributed by atoms with van der Waals surface area (Å²) >= 11 is 5.92. The van der Waals surface area contributed by atoms with E-state index in [1.165, 1.54) is 0 Å². The number of benzene rings is 1. The average molecular weight is 273 g/mol. The number of hydrogen-bond acceptors (Lipinski definition) is 3. The van der Waals surface area contributed by atoms with Gasteiger partial charge in [-0.3, -0.25) is 0 Å². The Labute approximate surface area is 115 Å². The summed E-state index contributed by atoms with van der Waals surface area (Å²) in [5.41, 5.74) is 7.68. The van der Waals surface area contributed by atoms with E-state index in [1.54, 1.807) is 17.1 Å². The van der Waals surface area contributed by atoms with E-state index in [9.17, 15) is 0 Å². The second kappa shape index (κ2) is 4.99. The van der Waals surface area contributed by atoms with Crippen LogP contribution in [0.4, 0.5) is 0 Å². The van der Waals surface area contributed by atoms with Crippen LogP contribution in [0.15, 0.2) is 42.7 Å². The highest BCUT2D eigenvalue weighted by Gasteiger charge is 2.09. The van der Waals surface area contributed by atoms with E-state index in [1.807, 2.05) is 24.3 Å². The summed E-state index contributed by atoms with van der Waals surface area (Å²) in [4.78, 5) is 4.66. The van der Waals surface area contributed by atoms with Crippen LogP contribution in [-0.4, -0.2) is 21.3 Å². The van der Waals surface area contributed by atoms with Gasteiger partial charge in [-0.1, -0.05) is 29.8 Å². The Morgan fingerprint density at radius 2 is 2.11 bits per heavy atom. The summed E-state index contributed by atoms with van der Waals surface area (Å²) in [6.07, 6.45) is 4.11. The summed E-state index contributed by atoms with van der Waals surface area (Å²) in [5.74, 6) is 0.788. The molecule has 0 fully saturated rings. The minimum atomic E-state index is 0.571. The van der Waals surface area contributed by atoms with Gasteiger partial charge in [-0.05, 0) is 30.7 Å². The van der Waals surface area contributed by atoms with Gasteiger partial charge in [0.25, 0.3) is 0 Å². The van der Waals surface area contributed by atoms with Gasteiger partial charge in [-0.15, -0.1) is 0 Å².